The first-order chi connectivity index (χ1) is 5.29. The molecule has 1 aliphatic rings. The highest BCUT2D eigenvalue weighted by Crippen LogP contribution is 2.14. The van der Waals surface area contributed by atoms with Gasteiger partial charge in [-0.1, -0.05) is 6.92 Å². The number of carbonyl (C=O) groups excluding carboxylic acids is 1. The summed E-state index contributed by atoms with van der Waals surface area (Å²) in [6, 6.07) is 0.0602. The Labute approximate surface area is 67.0 Å². The first kappa shape index (κ1) is 8.53. The molecule has 64 valence electrons. The van der Waals surface area contributed by atoms with Crippen LogP contribution in [-0.4, -0.2) is 35.1 Å². The van der Waals surface area contributed by atoms with Crippen LogP contribution in [0.1, 0.15) is 26.2 Å². The molecule has 1 atom stereocenters. The second-order valence-corrected chi connectivity index (χ2v) is 2.94. The van der Waals surface area contributed by atoms with Gasteiger partial charge in [0.05, 0.1) is 12.6 Å². The molecule has 1 fully saturated rings. The Balaban J connectivity index is 2.49. The zero-order chi connectivity index (χ0) is 8.27. The Hall–Kier alpha value is -0.570. The third-order valence-electron chi connectivity index (χ3n) is 2.23. The average molecular weight is 157 g/mol. The van der Waals surface area contributed by atoms with Crippen LogP contribution in [0.15, 0.2) is 0 Å². The van der Waals surface area contributed by atoms with Crippen LogP contribution in [0.2, 0.25) is 0 Å². The van der Waals surface area contributed by atoms with E-state index >= 15 is 0 Å². The number of hydrogen-bond donors (Lipinski definition) is 1. The van der Waals surface area contributed by atoms with Gasteiger partial charge in [0.2, 0.25) is 5.91 Å². The molecule has 0 unspecified atom stereocenters. The SMILES string of the molecule is CC[C@H](CO)N1CCCC1=O. The Morgan fingerprint density at radius 1 is 1.73 bits per heavy atom. The van der Waals surface area contributed by atoms with E-state index in [1.54, 1.807) is 4.90 Å². The number of carbonyl (C=O) groups is 1. The largest absolute Gasteiger partial charge is 0.394 e. The van der Waals surface area contributed by atoms with Crippen molar-refractivity contribution in [3.8, 4) is 0 Å². The third kappa shape index (κ3) is 1.71. The van der Waals surface area contributed by atoms with Crippen LogP contribution in [0.5, 0.6) is 0 Å². The molecule has 0 bridgehead atoms. The molecule has 0 saturated carbocycles. The fourth-order valence-corrected chi connectivity index (χ4v) is 1.50. The monoisotopic (exact) mass is 157 g/mol. The lowest BCUT2D eigenvalue weighted by Crippen LogP contribution is -2.38. The Morgan fingerprint density at radius 3 is 2.82 bits per heavy atom. The van der Waals surface area contributed by atoms with E-state index in [0.717, 1.165) is 19.4 Å². The van der Waals surface area contributed by atoms with Crippen LogP contribution in [-0.2, 0) is 4.79 Å². The van der Waals surface area contributed by atoms with Crippen molar-refractivity contribution >= 4 is 5.91 Å². The molecule has 1 aliphatic heterocycles. The third-order valence-corrected chi connectivity index (χ3v) is 2.23. The second kappa shape index (κ2) is 3.72. The normalized spacial score (nSPS) is 20.9. The van der Waals surface area contributed by atoms with E-state index in [0.29, 0.717) is 6.42 Å². The fourth-order valence-electron chi connectivity index (χ4n) is 1.50. The first-order valence-electron chi connectivity index (χ1n) is 4.20. The molecule has 0 radical (unpaired) electrons. The molecule has 0 aromatic carbocycles. The molecule has 0 aliphatic carbocycles. The van der Waals surface area contributed by atoms with Crippen LogP contribution in [0.3, 0.4) is 0 Å². The molecule has 1 rings (SSSR count). The number of aliphatic hydroxyl groups excluding tert-OH is 1. The van der Waals surface area contributed by atoms with Gasteiger partial charge in [-0.25, -0.2) is 0 Å². The lowest BCUT2D eigenvalue weighted by Gasteiger charge is -2.24. The summed E-state index contributed by atoms with van der Waals surface area (Å²) >= 11 is 0. The molecular formula is C8H15NO2. The van der Waals surface area contributed by atoms with E-state index in [2.05, 4.69) is 0 Å². The molecule has 0 aromatic rings. The Kier molecular flexibility index (Phi) is 2.88. The second-order valence-electron chi connectivity index (χ2n) is 2.94. The molecule has 11 heavy (non-hydrogen) atoms. The summed E-state index contributed by atoms with van der Waals surface area (Å²) in [5.41, 5.74) is 0. The Morgan fingerprint density at radius 2 is 2.45 bits per heavy atom. The van der Waals surface area contributed by atoms with Crippen LogP contribution in [0.4, 0.5) is 0 Å². The zero-order valence-electron chi connectivity index (χ0n) is 6.92. The highest BCUT2D eigenvalue weighted by Gasteiger charge is 2.25. The first-order valence-corrected chi connectivity index (χ1v) is 4.20. The molecule has 1 saturated heterocycles. The van der Waals surface area contributed by atoms with Gasteiger partial charge in [-0.15, -0.1) is 0 Å². The van der Waals surface area contributed by atoms with Crippen molar-refractivity contribution in [1.82, 2.24) is 4.90 Å². The quantitative estimate of drug-likeness (QED) is 0.643. The minimum atomic E-state index is 0.0602. The molecule has 3 nitrogen and oxygen atoms in total. The lowest BCUT2D eigenvalue weighted by atomic mass is 10.2. The number of hydrogen-bond acceptors (Lipinski definition) is 2. The highest BCUT2D eigenvalue weighted by molar-refractivity contribution is 5.78. The number of amides is 1. The summed E-state index contributed by atoms with van der Waals surface area (Å²) in [4.78, 5) is 12.9. The fraction of sp³-hybridized carbons (Fsp3) is 0.875. The van der Waals surface area contributed by atoms with Gasteiger partial charge < -0.3 is 10.0 Å². The average Bonchev–Trinajstić information content (AvgIpc) is 2.40. The van der Waals surface area contributed by atoms with Crippen molar-refractivity contribution in [2.45, 2.75) is 32.2 Å². The maximum atomic E-state index is 11.1. The van der Waals surface area contributed by atoms with Crippen molar-refractivity contribution in [3.05, 3.63) is 0 Å². The van der Waals surface area contributed by atoms with Crippen molar-refractivity contribution in [2.75, 3.05) is 13.2 Å². The van der Waals surface area contributed by atoms with Crippen molar-refractivity contribution in [2.24, 2.45) is 0 Å². The van der Waals surface area contributed by atoms with Crippen LogP contribution < -0.4 is 0 Å². The molecule has 0 spiro atoms. The van der Waals surface area contributed by atoms with Crippen molar-refractivity contribution in [1.29, 1.82) is 0 Å². The summed E-state index contributed by atoms with van der Waals surface area (Å²) in [7, 11) is 0. The van der Waals surface area contributed by atoms with Gasteiger partial charge in [-0.05, 0) is 12.8 Å². The van der Waals surface area contributed by atoms with E-state index in [9.17, 15) is 4.79 Å². The molecule has 1 heterocycles. The van der Waals surface area contributed by atoms with Gasteiger partial charge in [-0.2, -0.15) is 0 Å². The van der Waals surface area contributed by atoms with Crippen LogP contribution in [0.25, 0.3) is 0 Å². The van der Waals surface area contributed by atoms with Crippen LogP contribution >= 0.6 is 0 Å². The molecule has 3 heteroatoms. The van der Waals surface area contributed by atoms with Crippen molar-refractivity contribution < 1.29 is 9.90 Å². The summed E-state index contributed by atoms with van der Waals surface area (Å²) in [6.45, 7) is 2.92. The van der Waals surface area contributed by atoms with E-state index in [1.165, 1.54) is 0 Å². The summed E-state index contributed by atoms with van der Waals surface area (Å²) in [6.07, 6.45) is 2.47. The van der Waals surface area contributed by atoms with Gasteiger partial charge in [-0.3, -0.25) is 4.79 Å². The molecule has 0 aromatic heterocycles. The number of nitrogens with zero attached hydrogens (tertiary/aromatic N) is 1. The maximum Gasteiger partial charge on any atom is 0.222 e. The van der Waals surface area contributed by atoms with Gasteiger partial charge in [0.25, 0.3) is 0 Å². The van der Waals surface area contributed by atoms with E-state index in [1.807, 2.05) is 6.92 Å². The van der Waals surface area contributed by atoms with E-state index < -0.39 is 0 Å². The number of aliphatic hydroxyl groups is 1. The smallest absolute Gasteiger partial charge is 0.222 e. The maximum absolute atomic E-state index is 11.1. The minimum Gasteiger partial charge on any atom is -0.394 e. The zero-order valence-corrected chi connectivity index (χ0v) is 6.92. The van der Waals surface area contributed by atoms with Gasteiger partial charge in [0.1, 0.15) is 0 Å². The number of likely N-dealkylation sites (tertiary alicyclic amines) is 1. The topological polar surface area (TPSA) is 40.5 Å². The highest BCUT2D eigenvalue weighted by atomic mass is 16.3. The lowest BCUT2D eigenvalue weighted by molar-refractivity contribution is -0.130. The van der Waals surface area contributed by atoms with Gasteiger partial charge >= 0.3 is 0 Å². The molecule has 1 N–H and O–H groups in total. The minimum absolute atomic E-state index is 0.0602. The van der Waals surface area contributed by atoms with Gasteiger partial charge in [0.15, 0.2) is 0 Å². The predicted molar refractivity (Wildman–Crippen MR) is 42.1 cm³/mol. The standard InChI is InChI=1S/C8H15NO2/c1-2-7(6-10)9-5-3-4-8(9)11/h7,10H,2-6H2,1H3/t7-/m1/s1. The van der Waals surface area contributed by atoms with E-state index in [-0.39, 0.29) is 18.6 Å². The molecular weight excluding hydrogens is 142 g/mol. The van der Waals surface area contributed by atoms with E-state index in [4.69, 9.17) is 5.11 Å². The summed E-state index contributed by atoms with van der Waals surface area (Å²) < 4.78 is 0. The van der Waals surface area contributed by atoms with Gasteiger partial charge in [0, 0.05) is 13.0 Å². The number of rotatable bonds is 3. The van der Waals surface area contributed by atoms with Crippen molar-refractivity contribution in [3.63, 3.8) is 0 Å². The summed E-state index contributed by atoms with van der Waals surface area (Å²) in [5.74, 6) is 0.200. The predicted octanol–water partition coefficient (Wildman–Crippen LogP) is 0.380. The summed E-state index contributed by atoms with van der Waals surface area (Å²) in [5, 5.41) is 8.91. The Bertz CT molecular complexity index is 143. The van der Waals surface area contributed by atoms with Crippen LogP contribution in [0, 0.1) is 0 Å². The molecule has 1 amide bonds.